The number of benzene rings is 3. The molecule has 10 nitrogen and oxygen atoms in total. The molecule has 1 N–H and O–H groups in total. The van der Waals surface area contributed by atoms with Gasteiger partial charge in [0.25, 0.3) is 0 Å². The largest absolute Gasteiger partial charge is 0.463 e. The van der Waals surface area contributed by atoms with Gasteiger partial charge in [-0.2, -0.15) is 0 Å². The van der Waals surface area contributed by atoms with Gasteiger partial charge in [-0.1, -0.05) is 50.2 Å². The van der Waals surface area contributed by atoms with Crippen molar-refractivity contribution in [2.75, 3.05) is 6.61 Å². The zero-order valence-corrected chi connectivity index (χ0v) is 48.7. The van der Waals surface area contributed by atoms with E-state index in [1.165, 1.54) is 54.7 Å². The van der Waals surface area contributed by atoms with E-state index in [9.17, 15) is 14.7 Å². The number of ketones is 1. The lowest BCUT2D eigenvalue weighted by Gasteiger charge is -2.60. The first-order valence-corrected chi connectivity index (χ1v) is 31.8. The van der Waals surface area contributed by atoms with Crippen LogP contribution in [0.25, 0.3) is 0 Å². The molecule has 10 unspecified atom stereocenters. The highest BCUT2D eigenvalue weighted by Gasteiger charge is 2.62. The number of carbonyl (C=O) groups is 5. The molecule has 11 heteroatoms. The molecule has 0 radical (unpaired) electrons. The molecule has 3 aromatic rings. The third kappa shape index (κ3) is 10.7. The smallest absolute Gasteiger partial charge is 0.347 e. The summed E-state index contributed by atoms with van der Waals surface area (Å²) < 4.78 is 24.8. The van der Waals surface area contributed by atoms with Crippen LogP contribution >= 0.6 is 0 Å². The average Bonchev–Trinajstić information content (AvgIpc) is 4.09. The Balaban J connectivity index is 0.872. The van der Waals surface area contributed by atoms with Gasteiger partial charge >= 0.3 is 23.9 Å². The first-order chi connectivity index (χ1) is 37.6. The SMILES string of the molecule is CC1C2CCC(C2)C1CC(CC(C)(CC(C)(CC(C)(C)C(=O)Oc1ccc([S+](c2ccccc2)c2ccccc2)cc1)C(=O)OC12CC3CC(CC(O)(C3)C1)C2)C(=O)OC1CCOC1=O)C(=O)CC1(C)C2CC3CC(C2)CC1C3. The second-order valence-corrected chi connectivity index (χ2v) is 31.2. The van der Waals surface area contributed by atoms with Crippen molar-refractivity contribution in [2.24, 2.45) is 86.8 Å². The average molecular weight is 1100 g/mol. The molecule has 424 valence electrons. The fraction of sp³-hybridized carbons (Fsp3) is 0.662. The van der Waals surface area contributed by atoms with Gasteiger partial charge in [-0.15, -0.1) is 0 Å². The Morgan fingerprint density at radius 2 is 1.27 bits per heavy atom. The van der Waals surface area contributed by atoms with Gasteiger partial charge in [0, 0.05) is 25.2 Å². The maximum Gasteiger partial charge on any atom is 0.347 e. The van der Waals surface area contributed by atoms with Crippen molar-refractivity contribution in [2.45, 2.75) is 202 Å². The monoisotopic (exact) mass is 1100 g/mol. The van der Waals surface area contributed by atoms with Crippen LogP contribution in [0.4, 0.5) is 0 Å². The summed E-state index contributed by atoms with van der Waals surface area (Å²) in [5.41, 5.74) is -6.18. The molecule has 11 fully saturated rings. The van der Waals surface area contributed by atoms with Crippen molar-refractivity contribution in [1.29, 1.82) is 0 Å². The molecule has 1 aliphatic heterocycles. The summed E-state index contributed by atoms with van der Waals surface area (Å²) in [6, 6.07) is 28.4. The van der Waals surface area contributed by atoms with E-state index in [2.05, 4.69) is 38.1 Å². The maximum absolute atomic E-state index is 15.9. The van der Waals surface area contributed by atoms with Gasteiger partial charge in [0.05, 0.1) is 39.3 Å². The highest BCUT2D eigenvalue weighted by atomic mass is 32.2. The lowest BCUT2D eigenvalue weighted by atomic mass is 9.44. The zero-order valence-electron chi connectivity index (χ0n) is 47.9. The number of ether oxygens (including phenoxy) is 4. The lowest BCUT2D eigenvalue weighted by molar-refractivity contribution is -0.228. The van der Waals surface area contributed by atoms with E-state index < -0.39 is 74.2 Å². The number of aliphatic hydroxyl groups is 1. The Morgan fingerprint density at radius 1 is 0.684 bits per heavy atom. The minimum atomic E-state index is -1.51. The van der Waals surface area contributed by atoms with Crippen LogP contribution in [0.3, 0.4) is 0 Å². The molecule has 1 saturated heterocycles. The normalized spacial score (nSPS) is 36.6. The summed E-state index contributed by atoms with van der Waals surface area (Å²) in [7, 11) is -0.407. The van der Waals surface area contributed by atoms with Gasteiger partial charge < -0.3 is 24.1 Å². The number of carbonyl (C=O) groups excluding carboxylic acids is 5. The summed E-state index contributed by atoms with van der Waals surface area (Å²) in [4.78, 5) is 78.6. The van der Waals surface area contributed by atoms with E-state index in [0.29, 0.717) is 86.2 Å². The molecule has 0 amide bonds. The van der Waals surface area contributed by atoms with Gasteiger partial charge in [0.15, 0.2) is 14.7 Å². The minimum Gasteiger partial charge on any atom is -0.463 e. The fourth-order valence-corrected chi connectivity index (χ4v) is 21.6. The first-order valence-electron chi connectivity index (χ1n) is 30.6. The molecule has 0 aromatic heterocycles. The molecule has 3 aromatic carbocycles. The lowest BCUT2D eigenvalue weighted by Crippen LogP contribution is -2.61. The standard InChI is InChI=1S/C68H87O10S/c1-42-47-17-18-48(31-47)56(42)32-49(57(69)38-66(6)50-27-43-25-44(29-50)30-51(66)28-43)37-64(4,61(72)77-58-23-24-75-59(58)70)40-65(5,62(73)78-68-35-45-26-46(36-68)34-67(74,33-45)41-68)39-63(2,3)60(71)76-52-19-21-55(22-20-52)79(53-13-9-7-10-14-53)54-15-11-8-12-16-54/h7-16,19-22,42-51,56,58,74H,17-18,23-41H2,1-6H3/q+1. The molecule has 14 rings (SSSR count). The first kappa shape index (κ1) is 55.1. The second-order valence-electron chi connectivity index (χ2n) is 29.2. The number of hydrogen-bond acceptors (Lipinski definition) is 10. The van der Waals surface area contributed by atoms with E-state index in [1.807, 2.05) is 74.5 Å². The molecular formula is C68H87O10S+. The van der Waals surface area contributed by atoms with Gasteiger partial charge in [-0.05, 0) is 250 Å². The number of fused-ring (bicyclic) bond motifs is 2. The fourth-order valence-electron chi connectivity index (χ4n) is 19.6. The molecule has 10 bridgehead atoms. The quantitative estimate of drug-likeness (QED) is 0.0503. The van der Waals surface area contributed by atoms with Crippen molar-refractivity contribution >= 4 is 40.6 Å². The van der Waals surface area contributed by atoms with Crippen molar-refractivity contribution in [3.8, 4) is 5.75 Å². The van der Waals surface area contributed by atoms with E-state index in [-0.39, 0.29) is 55.3 Å². The topological polar surface area (TPSA) is 142 Å². The molecule has 10 saturated carbocycles. The number of cyclic esters (lactones) is 1. The Kier molecular flexibility index (Phi) is 14.5. The minimum absolute atomic E-state index is 0.0471. The van der Waals surface area contributed by atoms with Crippen LogP contribution in [0.1, 0.15) is 170 Å². The predicted octanol–water partition coefficient (Wildman–Crippen LogP) is 13.5. The van der Waals surface area contributed by atoms with Crippen LogP contribution in [0.2, 0.25) is 0 Å². The van der Waals surface area contributed by atoms with Crippen LogP contribution in [0.15, 0.2) is 99.6 Å². The summed E-state index contributed by atoms with van der Waals surface area (Å²) in [6.07, 6.45) is 14.0. The Hall–Kier alpha value is -4.48. The highest BCUT2D eigenvalue weighted by molar-refractivity contribution is 7.97. The third-order valence-electron chi connectivity index (χ3n) is 22.6. The number of Topliss-reactive ketones (excluding diaryl/α,β-unsaturated/α-hetero) is 1. The molecule has 11 aliphatic rings. The number of rotatable bonds is 20. The van der Waals surface area contributed by atoms with Crippen molar-refractivity contribution in [3.63, 3.8) is 0 Å². The third-order valence-corrected chi connectivity index (χ3v) is 24.8. The second kappa shape index (κ2) is 20.7. The van der Waals surface area contributed by atoms with Crippen LogP contribution in [0, 0.1) is 86.8 Å². The van der Waals surface area contributed by atoms with Crippen LogP contribution < -0.4 is 4.74 Å². The van der Waals surface area contributed by atoms with Crippen molar-refractivity contribution in [3.05, 3.63) is 84.9 Å². The van der Waals surface area contributed by atoms with Gasteiger partial charge in [-0.25, -0.2) is 4.79 Å². The molecule has 1 heterocycles. The highest BCUT2D eigenvalue weighted by Crippen LogP contribution is 2.65. The van der Waals surface area contributed by atoms with Crippen molar-refractivity contribution in [1.82, 2.24) is 0 Å². The van der Waals surface area contributed by atoms with E-state index in [1.54, 1.807) is 13.8 Å². The van der Waals surface area contributed by atoms with Crippen LogP contribution in [0.5, 0.6) is 5.75 Å². The summed E-state index contributed by atoms with van der Waals surface area (Å²) >= 11 is 0. The number of esters is 4. The van der Waals surface area contributed by atoms with Gasteiger partial charge in [-0.3, -0.25) is 19.2 Å². The van der Waals surface area contributed by atoms with Crippen LogP contribution in [-0.2, 0) is 49.1 Å². The summed E-state index contributed by atoms with van der Waals surface area (Å²) in [5.74, 6) is 2.81. The summed E-state index contributed by atoms with van der Waals surface area (Å²) in [5, 5.41) is 11.9. The molecule has 10 atom stereocenters. The zero-order chi connectivity index (χ0) is 55.3. The molecule has 79 heavy (non-hydrogen) atoms. The van der Waals surface area contributed by atoms with Gasteiger partial charge in [0.1, 0.15) is 17.1 Å². The Labute approximate surface area is 472 Å². The van der Waals surface area contributed by atoms with Gasteiger partial charge in [0.2, 0.25) is 6.10 Å². The summed E-state index contributed by atoms with van der Waals surface area (Å²) in [6.45, 7) is 12.2. The Morgan fingerprint density at radius 3 is 1.82 bits per heavy atom. The molecular weight excluding hydrogens is 1010 g/mol. The molecule has 10 aliphatic carbocycles. The molecule has 0 spiro atoms. The Bertz CT molecular complexity index is 2710. The number of hydrogen-bond donors (Lipinski definition) is 1. The van der Waals surface area contributed by atoms with E-state index in [4.69, 9.17) is 18.9 Å². The van der Waals surface area contributed by atoms with Crippen molar-refractivity contribution < 1.29 is 48.0 Å². The van der Waals surface area contributed by atoms with E-state index >= 15 is 14.4 Å². The maximum atomic E-state index is 15.9. The predicted molar refractivity (Wildman–Crippen MR) is 301 cm³/mol. The van der Waals surface area contributed by atoms with Crippen LogP contribution in [-0.4, -0.2) is 58.7 Å². The van der Waals surface area contributed by atoms with E-state index in [0.717, 1.165) is 29.6 Å².